The second-order valence-corrected chi connectivity index (χ2v) is 5.78. The Kier molecular flexibility index (Phi) is 5.01. The number of carbonyl (C=O) groups excluding carboxylic acids is 1. The van der Waals surface area contributed by atoms with Crippen molar-refractivity contribution in [1.29, 1.82) is 0 Å². The quantitative estimate of drug-likeness (QED) is 0.818. The molecule has 2 N–H and O–H groups in total. The molecule has 2 aliphatic rings. The van der Waals surface area contributed by atoms with E-state index in [1.54, 1.807) is 0 Å². The Hall–Kier alpha value is -0.610. The average Bonchev–Trinajstić information content (AvgIpc) is 2.47. The topological polar surface area (TPSA) is 49.6 Å². The van der Waals surface area contributed by atoms with E-state index in [1.807, 2.05) is 0 Å². The van der Waals surface area contributed by atoms with E-state index in [9.17, 15) is 4.79 Å². The number of amides is 1. The van der Waals surface area contributed by atoms with Crippen molar-refractivity contribution < 1.29 is 4.79 Å². The fraction of sp³-hybridized carbons (Fsp3) is 0.929. The number of nitrogens with two attached hydrogens (primary N) is 1. The van der Waals surface area contributed by atoms with Crippen molar-refractivity contribution >= 4 is 5.91 Å². The summed E-state index contributed by atoms with van der Waals surface area (Å²) in [6.07, 6.45) is 5.92. The molecule has 0 radical (unpaired) electrons. The van der Waals surface area contributed by atoms with Crippen LogP contribution in [0.25, 0.3) is 0 Å². The van der Waals surface area contributed by atoms with Crippen LogP contribution in [0.3, 0.4) is 0 Å². The van der Waals surface area contributed by atoms with Crippen molar-refractivity contribution in [3.8, 4) is 0 Å². The SMILES string of the molecule is CC(C(=O)N1CCCCC1)N1CCC(CN)CC1. The molecule has 2 saturated heterocycles. The Balaban J connectivity index is 1.83. The highest BCUT2D eigenvalue weighted by Gasteiger charge is 2.29. The summed E-state index contributed by atoms with van der Waals surface area (Å²) in [6.45, 7) is 6.85. The molecule has 0 bridgehead atoms. The molecule has 0 aromatic rings. The number of hydrogen-bond donors (Lipinski definition) is 1. The van der Waals surface area contributed by atoms with Crippen molar-refractivity contribution in [2.45, 2.75) is 45.1 Å². The first-order valence-electron chi connectivity index (χ1n) is 7.45. The summed E-state index contributed by atoms with van der Waals surface area (Å²) in [5.41, 5.74) is 5.71. The van der Waals surface area contributed by atoms with Gasteiger partial charge in [-0.05, 0) is 64.6 Å². The second-order valence-electron chi connectivity index (χ2n) is 5.78. The van der Waals surface area contributed by atoms with E-state index in [-0.39, 0.29) is 6.04 Å². The van der Waals surface area contributed by atoms with Gasteiger partial charge in [0.15, 0.2) is 0 Å². The van der Waals surface area contributed by atoms with Crippen LogP contribution in [-0.4, -0.2) is 54.5 Å². The summed E-state index contributed by atoms with van der Waals surface area (Å²) in [5.74, 6) is 0.999. The van der Waals surface area contributed by atoms with Gasteiger partial charge in [-0.15, -0.1) is 0 Å². The predicted molar refractivity (Wildman–Crippen MR) is 73.2 cm³/mol. The van der Waals surface area contributed by atoms with E-state index in [2.05, 4.69) is 16.7 Å². The molecule has 1 atom stereocenters. The minimum atomic E-state index is 0.0572. The van der Waals surface area contributed by atoms with Gasteiger partial charge in [-0.25, -0.2) is 0 Å². The fourth-order valence-corrected chi connectivity index (χ4v) is 3.11. The monoisotopic (exact) mass is 253 g/mol. The number of rotatable bonds is 3. The van der Waals surface area contributed by atoms with Gasteiger partial charge in [-0.1, -0.05) is 0 Å². The zero-order valence-electron chi connectivity index (χ0n) is 11.6. The van der Waals surface area contributed by atoms with Gasteiger partial charge in [0, 0.05) is 13.1 Å². The number of hydrogen-bond acceptors (Lipinski definition) is 3. The van der Waals surface area contributed by atoms with Crippen LogP contribution in [0.1, 0.15) is 39.0 Å². The molecule has 1 amide bonds. The molecule has 2 fully saturated rings. The zero-order chi connectivity index (χ0) is 13.0. The minimum Gasteiger partial charge on any atom is -0.341 e. The molecular formula is C14H27N3O. The average molecular weight is 253 g/mol. The Morgan fingerprint density at radius 3 is 2.33 bits per heavy atom. The lowest BCUT2D eigenvalue weighted by atomic mass is 9.96. The normalized spacial score (nSPS) is 25.1. The highest BCUT2D eigenvalue weighted by Crippen LogP contribution is 2.19. The maximum absolute atomic E-state index is 12.4. The first-order valence-corrected chi connectivity index (χ1v) is 7.45. The minimum absolute atomic E-state index is 0.0572. The third-order valence-electron chi connectivity index (χ3n) is 4.56. The molecule has 2 heterocycles. The smallest absolute Gasteiger partial charge is 0.239 e. The van der Waals surface area contributed by atoms with E-state index >= 15 is 0 Å². The zero-order valence-corrected chi connectivity index (χ0v) is 11.6. The molecule has 4 nitrogen and oxygen atoms in total. The maximum atomic E-state index is 12.4. The van der Waals surface area contributed by atoms with Crippen molar-refractivity contribution in [3.63, 3.8) is 0 Å². The lowest BCUT2D eigenvalue weighted by Gasteiger charge is -2.38. The Morgan fingerprint density at radius 1 is 1.17 bits per heavy atom. The lowest BCUT2D eigenvalue weighted by Crippen LogP contribution is -2.51. The Bertz CT molecular complexity index is 268. The number of likely N-dealkylation sites (tertiary alicyclic amines) is 2. The van der Waals surface area contributed by atoms with Crippen molar-refractivity contribution in [1.82, 2.24) is 9.80 Å². The van der Waals surface area contributed by atoms with Crippen LogP contribution in [0.2, 0.25) is 0 Å². The summed E-state index contributed by atoms with van der Waals surface area (Å²) in [5, 5.41) is 0. The predicted octanol–water partition coefficient (Wildman–Crippen LogP) is 1.06. The summed E-state index contributed by atoms with van der Waals surface area (Å²) >= 11 is 0. The second kappa shape index (κ2) is 6.53. The van der Waals surface area contributed by atoms with Gasteiger partial charge in [-0.3, -0.25) is 9.69 Å². The van der Waals surface area contributed by atoms with Crippen molar-refractivity contribution in [3.05, 3.63) is 0 Å². The molecule has 2 rings (SSSR count). The molecule has 0 spiro atoms. The third kappa shape index (κ3) is 3.23. The van der Waals surface area contributed by atoms with Crippen LogP contribution in [0.15, 0.2) is 0 Å². The van der Waals surface area contributed by atoms with Crippen LogP contribution in [0.5, 0.6) is 0 Å². The Morgan fingerprint density at radius 2 is 1.78 bits per heavy atom. The molecular weight excluding hydrogens is 226 g/mol. The van der Waals surface area contributed by atoms with Gasteiger partial charge in [0.25, 0.3) is 0 Å². The van der Waals surface area contributed by atoms with Gasteiger partial charge in [0.2, 0.25) is 5.91 Å². The molecule has 0 aromatic heterocycles. The molecule has 18 heavy (non-hydrogen) atoms. The van der Waals surface area contributed by atoms with Gasteiger partial charge in [0.1, 0.15) is 0 Å². The van der Waals surface area contributed by atoms with E-state index < -0.39 is 0 Å². The summed E-state index contributed by atoms with van der Waals surface area (Å²) in [6, 6.07) is 0.0572. The molecule has 0 aliphatic carbocycles. The first-order chi connectivity index (χ1) is 8.72. The summed E-state index contributed by atoms with van der Waals surface area (Å²) in [7, 11) is 0. The van der Waals surface area contributed by atoms with Crippen LogP contribution in [0, 0.1) is 5.92 Å². The van der Waals surface area contributed by atoms with Crippen molar-refractivity contribution in [2.24, 2.45) is 11.7 Å². The highest BCUT2D eigenvalue weighted by molar-refractivity contribution is 5.81. The number of carbonyl (C=O) groups is 1. The van der Waals surface area contributed by atoms with E-state index in [0.717, 1.165) is 45.6 Å². The summed E-state index contributed by atoms with van der Waals surface area (Å²) in [4.78, 5) is 16.8. The molecule has 0 saturated carbocycles. The van der Waals surface area contributed by atoms with E-state index in [0.29, 0.717) is 11.8 Å². The fourth-order valence-electron chi connectivity index (χ4n) is 3.11. The largest absolute Gasteiger partial charge is 0.341 e. The van der Waals surface area contributed by atoms with Crippen LogP contribution >= 0.6 is 0 Å². The standard InChI is InChI=1S/C14H27N3O/c1-12(14(18)17-7-3-2-4-8-17)16-9-5-13(11-15)6-10-16/h12-13H,2-11,15H2,1H3. The molecule has 104 valence electrons. The van der Waals surface area contributed by atoms with Crippen LogP contribution in [0.4, 0.5) is 0 Å². The Labute approximate surface area is 110 Å². The van der Waals surface area contributed by atoms with E-state index in [1.165, 1.54) is 19.3 Å². The van der Waals surface area contributed by atoms with Crippen LogP contribution in [-0.2, 0) is 4.79 Å². The number of nitrogens with zero attached hydrogens (tertiary/aromatic N) is 2. The molecule has 1 unspecified atom stereocenters. The maximum Gasteiger partial charge on any atom is 0.239 e. The van der Waals surface area contributed by atoms with Crippen LogP contribution < -0.4 is 5.73 Å². The van der Waals surface area contributed by atoms with Gasteiger partial charge in [0.05, 0.1) is 6.04 Å². The first kappa shape index (κ1) is 13.8. The number of piperidine rings is 2. The van der Waals surface area contributed by atoms with Gasteiger partial charge in [-0.2, -0.15) is 0 Å². The van der Waals surface area contributed by atoms with Gasteiger partial charge >= 0.3 is 0 Å². The highest BCUT2D eigenvalue weighted by atomic mass is 16.2. The van der Waals surface area contributed by atoms with Crippen molar-refractivity contribution in [2.75, 3.05) is 32.7 Å². The molecule has 4 heteroatoms. The molecule has 2 aliphatic heterocycles. The summed E-state index contributed by atoms with van der Waals surface area (Å²) < 4.78 is 0. The molecule has 0 aromatic carbocycles. The van der Waals surface area contributed by atoms with Gasteiger partial charge < -0.3 is 10.6 Å². The third-order valence-corrected chi connectivity index (χ3v) is 4.56. The van der Waals surface area contributed by atoms with E-state index in [4.69, 9.17) is 5.73 Å². The lowest BCUT2D eigenvalue weighted by molar-refractivity contribution is -0.137.